The summed E-state index contributed by atoms with van der Waals surface area (Å²) in [6.07, 6.45) is 50.4. The van der Waals surface area contributed by atoms with Gasteiger partial charge in [-0.25, -0.2) is 9.13 Å². The SMILES string of the molecule is CCCCCCCCCCCCCCCCCCCCCC(=O)O[C@H](COC(=O)CCCCCCCCCCCCCCCC(C)C)COP(=O)(O)OC[C@@H](O)COP(=O)(O)OC[C@@H](COC(=O)CCCCCCCCC(C)C)OC(=O)CCCCCCCCC(C)C. The van der Waals surface area contributed by atoms with Crippen molar-refractivity contribution in [2.24, 2.45) is 17.8 Å². The van der Waals surface area contributed by atoms with Crippen LogP contribution in [0.1, 0.15) is 376 Å². The second-order valence-corrected chi connectivity index (χ2v) is 31.0. The molecule has 93 heavy (non-hydrogen) atoms. The lowest BCUT2D eigenvalue weighted by atomic mass is 10.0. The molecular formula is C74H144O17P2. The molecule has 0 aromatic heterocycles. The molecule has 0 aromatic rings. The first kappa shape index (κ1) is 91.1. The lowest BCUT2D eigenvalue weighted by Gasteiger charge is -2.21. The fourth-order valence-corrected chi connectivity index (χ4v) is 12.8. The van der Waals surface area contributed by atoms with E-state index in [0.717, 1.165) is 102 Å². The molecule has 3 N–H and O–H groups in total. The summed E-state index contributed by atoms with van der Waals surface area (Å²) in [5.74, 6) is 0.0121. The first-order chi connectivity index (χ1) is 44.7. The number of aliphatic hydroxyl groups is 1. The second kappa shape index (κ2) is 64.7. The summed E-state index contributed by atoms with van der Waals surface area (Å²) in [7, 11) is -9.90. The smallest absolute Gasteiger partial charge is 0.462 e. The molecule has 17 nitrogen and oxygen atoms in total. The third kappa shape index (κ3) is 68.4. The molecule has 552 valence electrons. The van der Waals surface area contributed by atoms with E-state index in [1.807, 2.05) is 0 Å². The highest BCUT2D eigenvalue weighted by molar-refractivity contribution is 7.47. The van der Waals surface area contributed by atoms with Gasteiger partial charge in [-0.1, -0.05) is 325 Å². The number of unbranched alkanes of at least 4 members (excludes halogenated alkanes) is 40. The minimum Gasteiger partial charge on any atom is -0.462 e. The number of hydrogen-bond acceptors (Lipinski definition) is 15. The van der Waals surface area contributed by atoms with Gasteiger partial charge in [0, 0.05) is 25.7 Å². The van der Waals surface area contributed by atoms with Gasteiger partial charge in [-0.2, -0.15) is 0 Å². The molecule has 0 aliphatic carbocycles. The van der Waals surface area contributed by atoms with Crippen molar-refractivity contribution in [3.63, 3.8) is 0 Å². The standard InChI is InChI=1S/C74H144O17P2/c1-8-9-10-11-12-13-14-15-16-17-18-19-20-23-27-30-33-43-50-57-73(78)90-69(61-84-71(76)55-48-41-32-29-26-24-21-22-25-28-31-38-45-52-65(2)3)63-88-92(80,81)86-59-68(75)60-87-93(82,83)89-64-70(91-74(79)58-51-44-37-35-40-47-54-67(6)7)62-85-72(77)56-49-42-36-34-39-46-53-66(4)5/h65-70,75H,8-64H2,1-7H3,(H,80,81)(H,82,83)/t68-,69-,70-/m1/s1. The Morgan fingerprint density at radius 2 is 0.495 bits per heavy atom. The normalized spacial score (nSPS) is 14.1. The molecule has 0 heterocycles. The molecule has 0 bridgehead atoms. The highest BCUT2D eigenvalue weighted by Crippen LogP contribution is 2.45. The van der Waals surface area contributed by atoms with Crippen LogP contribution in [0.25, 0.3) is 0 Å². The topological polar surface area (TPSA) is 237 Å². The van der Waals surface area contributed by atoms with E-state index in [-0.39, 0.29) is 25.7 Å². The van der Waals surface area contributed by atoms with Crippen LogP contribution in [0.5, 0.6) is 0 Å². The van der Waals surface area contributed by atoms with E-state index in [1.165, 1.54) is 180 Å². The third-order valence-electron chi connectivity index (χ3n) is 17.1. The number of carbonyl (C=O) groups is 4. The Bertz CT molecular complexity index is 1820. The Kier molecular flexibility index (Phi) is 63.4. The van der Waals surface area contributed by atoms with Crippen LogP contribution in [0.2, 0.25) is 0 Å². The third-order valence-corrected chi connectivity index (χ3v) is 19.0. The molecular weight excluding hydrogens is 1220 g/mol. The highest BCUT2D eigenvalue weighted by atomic mass is 31.2. The summed E-state index contributed by atoms with van der Waals surface area (Å²) >= 11 is 0. The van der Waals surface area contributed by atoms with E-state index in [9.17, 15) is 43.2 Å². The number of rotatable bonds is 72. The van der Waals surface area contributed by atoms with Crippen LogP contribution in [0.3, 0.4) is 0 Å². The maximum Gasteiger partial charge on any atom is 0.472 e. The maximum absolute atomic E-state index is 13.1. The van der Waals surface area contributed by atoms with Crippen molar-refractivity contribution in [3.05, 3.63) is 0 Å². The zero-order valence-corrected chi connectivity index (χ0v) is 62.5. The van der Waals surface area contributed by atoms with Crippen LogP contribution >= 0.6 is 15.6 Å². The molecule has 5 atom stereocenters. The van der Waals surface area contributed by atoms with E-state index >= 15 is 0 Å². The van der Waals surface area contributed by atoms with E-state index in [1.54, 1.807) is 0 Å². The van der Waals surface area contributed by atoms with Crippen molar-refractivity contribution in [2.45, 2.75) is 394 Å². The van der Waals surface area contributed by atoms with Gasteiger partial charge in [0.2, 0.25) is 0 Å². The van der Waals surface area contributed by atoms with E-state index in [0.29, 0.717) is 37.5 Å². The zero-order valence-electron chi connectivity index (χ0n) is 60.7. The van der Waals surface area contributed by atoms with E-state index < -0.39 is 97.5 Å². The number of hydrogen-bond donors (Lipinski definition) is 3. The first-order valence-electron chi connectivity index (χ1n) is 38.3. The average molecular weight is 1370 g/mol. The van der Waals surface area contributed by atoms with Crippen LogP contribution in [0, 0.1) is 17.8 Å². The molecule has 0 amide bonds. The molecule has 0 aliphatic heterocycles. The largest absolute Gasteiger partial charge is 0.472 e. The summed E-state index contributed by atoms with van der Waals surface area (Å²) in [5, 5.41) is 10.6. The molecule has 0 spiro atoms. The summed E-state index contributed by atoms with van der Waals surface area (Å²) < 4.78 is 68.3. The maximum atomic E-state index is 13.1. The predicted octanol–water partition coefficient (Wildman–Crippen LogP) is 21.4. The summed E-state index contributed by atoms with van der Waals surface area (Å²) in [6, 6.07) is 0. The minimum atomic E-state index is -4.96. The van der Waals surface area contributed by atoms with Crippen molar-refractivity contribution in [1.29, 1.82) is 0 Å². The summed E-state index contributed by atoms with van der Waals surface area (Å²) in [4.78, 5) is 72.6. The van der Waals surface area contributed by atoms with Gasteiger partial charge in [0.25, 0.3) is 0 Å². The molecule has 0 radical (unpaired) electrons. The number of phosphoric acid groups is 2. The zero-order chi connectivity index (χ0) is 68.7. The van der Waals surface area contributed by atoms with Crippen molar-refractivity contribution in [2.75, 3.05) is 39.6 Å². The van der Waals surface area contributed by atoms with Crippen LogP contribution in [0.4, 0.5) is 0 Å². The van der Waals surface area contributed by atoms with Gasteiger partial charge in [-0.05, 0) is 43.4 Å². The molecule has 0 saturated heterocycles. The van der Waals surface area contributed by atoms with Gasteiger partial charge in [0.15, 0.2) is 12.2 Å². The number of phosphoric ester groups is 2. The van der Waals surface area contributed by atoms with Gasteiger partial charge in [0.1, 0.15) is 19.3 Å². The van der Waals surface area contributed by atoms with Crippen LogP contribution in [-0.2, 0) is 65.4 Å². The van der Waals surface area contributed by atoms with Gasteiger partial charge in [-0.3, -0.25) is 37.3 Å². The fourth-order valence-electron chi connectivity index (χ4n) is 11.2. The first-order valence-corrected chi connectivity index (χ1v) is 41.3. The lowest BCUT2D eigenvalue weighted by Crippen LogP contribution is -2.30. The monoisotopic (exact) mass is 1370 g/mol. The van der Waals surface area contributed by atoms with Crippen LogP contribution < -0.4 is 0 Å². The molecule has 19 heteroatoms. The van der Waals surface area contributed by atoms with Gasteiger partial charge < -0.3 is 33.8 Å². The number of esters is 4. The predicted molar refractivity (Wildman–Crippen MR) is 377 cm³/mol. The summed E-state index contributed by atoms with van der Waals surface area (Å²) in [6.45, 7) is 11.7. The molecule has 0 fully saturated rings. The Morgan fingerprint density at radius 1 is 0.290 bits per heavy atom. The highest BCUT2D eigenvalue weighted by Gasteiger charge is 2.30. The number of carbonyl (C=O) groups excluding carboxylic acids is 4. The number of ether oxygens (including phenoxy) is 4. The molecule has 0 aliphatic rings. The second-order valence-electron chi connectivity index (χ2n) is 28.1. The van der Waals surface area contributed by atoms with Crippen LogP contribution in [-0.4, -0.2) is 96.7 Å². The van der Waals surface area contributed by atoms with Crippen molar-refractivity contribution < 1.29 is 80.2 Å². The Balaban J connectivity index is 5.20. The van der Waals surface area contributed by atoms with E-state index in [4.69, 9.17) is 37.0 Å². The van der Waals surface area contributed by atoms with Crippen molar-refractivity contribution in [1.82, 2.24) is 0 Å². The van der Waals surface area contributed by atoms with Gasteiger partial charge in [-0.15, -0.1) is 0 Å². The van der Waals surface area contributed by atoms with Crippen molar-refractivity contribution in [3.8, 4) is 0 Å². The Labute approximate surface area is 568 Å². The van der Waals surface area contributed by atoms with Crippen LogP contribution in [0.15, 0.2) is 0 Å². The lowest BCUT2D eigenvalue weighted by molar-refractivity contribution is -0.161. The van der Waals surface area contributed by atoms with Gasteiger partial charge >= 0.3 is 39.5 Å². The van der Waals surface area contributed by atoms with Crippen molar-refractivity contribution >= 4 is 39.5 Å². The molecule has 0 saturated carbocycles. The fraction of sp³-hybridized carbons (Fsp3) is 0.946. The number of aliphatic hydroxyl groups excluding tert-OH is 1. The molecule has 0 aromatic carbocycles. The Hall–Kier alpha value is -1.94. The average Bonchev–Trinajstić information content (AvgIpc) is 2.67. The minimum absolute atomic E-state index is 0.101. The quantitative estimate of drug-likeness (QED) is 0.0222. The van der Waals surface area contributed by atoms with E-state index in [2.05, 4.69) is 48.5 Å². The molecule has 2 unspecified atom stereocenters. The summed E-state index contributed by atoms with van der Waals surface area (Å²) in [5.41, 5.74) is 0. The Morgan fingerprint density at radius 3 is 0.731 bits per heavy atom. The molecule has 0 rings (SSSR count). The van der Waals surface area contributed by atoms with Gasteiger partial charge in [0.05, 0.1) is 26.4 Å².